The molecule has 0 saturated carbocycles. The monoisotopic (exact) mass is 544 g/mol. The lowest BCUT2D eigenvalue weighted by Gasteiger charge is -2.15. The fourth-order valence-electron chi connectivity index (χ4n) is 3.23. The van der Waals surface area contributed by atoms with Crippen LogP contribution in [0.25, 0.3) is 0 Å². The Morgan fingerprint density at radius 1 is 0.868 bits per heavy atom. The van der Waals surface area contributed by atoms with Gasteiger partial charge in [0.15, 0.2) is 5.16 Å². The molecule has 1 aromatic heterocycles. The Morgan fingerprint density at radius 3 is 2.18 bits per heavy atom. The lowest BCUT2D eigenvalue weighted by molar-refractivity contribution is -0.141. The Morgan fingerprint density at radius 2 is 1.53 bits per heavy atom. The normalized spacial score (nSPS) is 11.2. The molecular weight excluding hydrogens is 512 g/mol. The number of aliphatic carboxylic acids is 1. The van der Waals surface area contributed by atoms with E-state index >= 15 is 0 Å². The largest absolute Gasteiger partial charge is 0.480 e. The molecule has 0 saturated heterocycles. The summed E-state index contributed by atoms with van der Waals surface area (Å²) in [6, 6.07) is 7.73. The van der Waals surface area contributed by atoms with Crippen LogP contribution in [0, 0.1) is 0 Å². The summed E-state index contributed by atoms with van der Waals surface area (Å²) in [6.07, 6.45) is 7.08. The number of amides is 4. The van der Waals surface area contributed by atoms with E-state index in [1.165, 1.54) is 24.2 Å². The van der Waals surface area contributed by atoms with Crippen molar-refractivity contribution >= 4 is 41.4 Å². The summed E-state index contributed by atoms with van der Waals surface area (Å²) in [4.78, 5) is 67.5. The van der Waals surface area contributed by atoms with E-state index in [0.717, 1.165) is 5.56 Å². The average molecular weight is 545 g/mol. The van der Waals surface area contributed by atoms with E-state index in [1.807, 2.05) is 6.26 Å². The molecule has 0 radical (unpaired) electrons. The molecule has 13 heteroatoms. The number of rotatable bonds is 16. The van der Waals surface area contributed by atoms with E-state index in [4.69, 9.17) is 0 Å². The molecule has 0 spiro atoms. The second kappa shape index (κ2) is 16.7. The molecule has 2 rings (SSSR count). The number of benzene rings is 1. The third kappa shape index (κ3) is 11.8. The molecule has 0 aliphatic heterocycles. The summed E-state index contributed by atoms with van der Waals surface area (Å²) >= 11 is 1.39. The van der Waals surface area contributed by atoms with Crippen molar-refractivity contribution in [2.24, 2.45) is 0 Å². The third-order valence-corrected chi connectivity index (χ3v) is 5.82. The van der Waals surface area contributed by atoms with E-state index in [-0.39, 0.29) is 31.2 Å². The van der Waals surface area contributed by atoms with Crippen LogP contribution >= 0.6 is 11.8 Å². The maximum atomic E-state index is 12.1. The summed E-state index contributed by atoms with van der Waals surface area (Å²) in [7, 11) is 0. The number of nitrogens with zero attached hydrogens (tertiary/aromatic N) is 2. The van der Waals surface area contributed by atoms with Gasteiger partial charge >= 0.3 is 5.97 Å². The van der Waals surface area contributed by atoms with Gasteiger partial charge in [0.1, 0.15) is 6.04 Å². The summed E-state index contributed by atoms with van der Waals surface area (Å²) < 4.78 is 0. The molecule has 2 aromatic rings. The van der Waals surface area contributed by atoms with Gasteiger partial charge in [0, 0.05) is 31.8 Å². The van der Waals surface area contributed by atoms with Gasteiger partial charge in [-0.3, -0.25) is 19.2 Å². The highest BCUT2D eigenvalue weighted by atomic mass is 32.2. The van der Waals surface area contributed by atoms with Crippen LogP contribution in [-0.4, -0.2) is 76.6 Å². The maximum absolute atomic E-state index is 12.1. The number of aromatic nitrogens is 2. The number of carbonyl (C=O) groups excluding carboxylic acids is 4. The molecule has 0 aliphatic rings. The number of thioether (sulfide) groups is 1. The smallest absolute Gasteiger partial charge is 0.326 e. The molecule has 1 atom stereocenters. The lowest BCUT2D eigenvalue weighted by atomic mass is 10.1. The standard InChI is InChI=1S/C25H32N6O6S/c1-38-25-29-13-18(14-30-25)23(35)26-11-7-3-6-10-20(32)27-15-21(33)28-16-22(34)31-19(24(36)37)12-17-8-4-2-5-9-17/h2,4-5,8-9,13-14,19H,3,6-7,10-12,15-16H2,1H3,(H,26,35)(H,27,32)(H,28,33)(H,31,34)(H,36,37)/t19-/m0/s1. The molecule has 0 aliphatic carbocycles. The van der Waals surface area contributed by atoms with Gasteiger partial charge in [-0.1, -0.05) is 48.5 Å². The van der Waals surface area contributed by atoms with Crippen LogP contribution in [-0.2, 0) is 25.6 Å². The predicted molar refractivity (Wildman–Crippen MR) is 140 cm³/mol. The Bertz CT molecular complexity index is 1080. The number of hydrogen-bond donors (Lipinski definition) is 5. The highest BCUT2D eigenvalue weighted by molar-refractivity contribution is 7.98. The van der Waals surface area contributed by atoms with Crippen molar-refractivity contribution in [1.82, 2.24) is 31.2 Å². The number of carboxylic acid groups (broad SMARTS) is 1. The molecule has 0 unspecified atom stereocenters. The van der Waals surface area contributed by atoms with Crippen LogP contribution in [0.15, 0.2) is 47.9 Å². The molecule has 1 heterocycles. The zero-order valence-electron chi connectivity index (χ0n) is 21.1. The molecule has 5 N–H and O–H groups in total. The van der Waals surface area contributed by atoms with Gasteiger partial charge in [-0.25, -0.2) is 14.8 Å². The minimum Gasteiger partial charge on any atom is -0.480 e. The second-order valence-electron chi connectivity index (χ2n) is 8.23. The van der Waals surface area contributed by atoms with Gasteiger partial charge in [0.2, 0.25) is 17.7 Å². The number of carbonyl (C=O) groups is 5. The van der Waals surface area contributed by atoms with Crippen molar-refractivity contribution < 1.29 is 29.1 Å². The summed E-state index contributed by atoms with van der Waals surface area (Å²) in [5.74, 6) is -2.97. The fourth-order valence-corrected chi connectivity index (χ4v) is 3.55. The van der Waals surface area contributed by atoms with Crippen molar-refractivity contribution in [3.63, 3.8) is 0 Å². The lowest BCUT2D eigenvalue weighted by Crippen LogP contribution is -2.47. The van der Waals surface area contributed by atoms with Gasteiger partial charge in [-0.2, -0.15) is 0 Å². The maximum Gasteiger partial charge on any atom is 0.326 e. The molecule has 0 fully saturated rings. The molecular formula is C25H32N6O6S. The Labute approximate surface area is 224 Å². The van der Waals surface area contributed by atoms with Crippen molar-refractivity contribution in [2.75, 3.05) is 25.9 Å². The molecule has 204 valence electrons. The number of unbranched alkanes of at least 4 members (excludes halogenated alkanes) is 2. The van der Waals surface area contributed by atoms with E-state index in [9.17, 15) is 29.1 Å². The van der Waals surface area contributed by atoms with Crippen LogP contribution in [0.1, 0.15) is 41.6 Å². The quantitative estimate of drug-likeness (QED) is 0.114. The van der Waals surface area contributed by atoms with Crippen LogP contribution in [0.2, 0.25) is 0 Å². The van der Waals surface area contributed by atoms with Gasteiger partial charge in [-0.05, 0) is 24.7 Å². The highest BCUT2D eigenvalue weighted by Gasteiger charge is 2.20. The Hall–Kier alpha value is -4.00. The predicted octanol–water partition coefficient (Wildman–Crippen LogP) is 0.533. The minimum absolute atomic E-state index is 0.111. The van der Waals surface area contributed by atoms with Crippen molar-refractivity contribution in [3.8, 4) is 0 Å². The van der Waals surface area contributed by atoms with Crippen molar-refractivity contribution in [1.29, 1.82) is 0 Å². The molecule has 4 amide bonds. The molecule has 0 bridgehead atoms. The third-order valence-electron chi connectivity index (χ3n) is 5.25. The van der Waals surface area contributed by atoms with Gasteiger partial charge < -0.3 is 26.4 Å². The van der Waals surface area contributed by atoms with Crippen LogP contribution < -0.4 is 21.3 Å². The first-order chi connectivity index (χ1) is 18.3. The average Bonchev–Trinajstić information content (AvgIpc) is 2.92. The Kier molecular flexibility index (Phi) is 13.3. The molecule has 1 aromatic carbocycles. The van der Waals surface area contributed by atoms with E-state index in [2.05, 4.69) is 31.2 Å². The number of carboxylic acids is 1. The fraction of sp³-hybridized carbons (Fsp3) is 0.400. The van der Waals surface area contributed by atoms with Crippen molar-refractivity contribution in [3.05, 3.63) is 53.9 Å². The molecule has 38 heavy (non-hydrogen) atoms. The zero-order chi connectivity index (χ0) is 27.8. The van der Waals surface area contributed by atoms with Crippen LogP contribution in [0.3, 0.4) is 0 Å². The number of hydrogen-bond acceptors (Lipinski definition) is 8. The van der Waals surface area contributed by atoms with Gasteiger partial charge in [0.05, 0.1) is 18.7 Å². The summed E-state index contributed by atoms with van der Waals surface area (Å²) in [5, 5.41) is 19.9. The minimum atomic E-state index is -1.18. The van der Waals surface area contributed by atoms with Gasteiger partial charge in [-0.15, -0.1) is 0 Å². The first kappa shape index (κ1) is 30.2. The van der Waals surface area contributed by atoms with Crippen LogP contribution in [0.5, 0.6) is 0 Å². The first-order valence-corrected chi connectivity index (χ1v) is 13.2. The first-order valence-electron chi connectivity index (χ1n) is 12.0. The Balaban J connectivity index is 1.54. The SMILES string of the molecule is CSc1ncc(C(=O)NCCCCCC(=O)NCC(=O)NCC(=O)N[C@@H](Cc2ccccc2)C(=O)O)cn1. The van der Waals surface area contributed by atoms with E-state index in [1.54, 1.807) is 30.3 Å². The zero-order valence-corrected chi connectivity index (χ0v) is 21.9. The highest BCUT2D eigenvalue weighted by Crippen LogP contribution is 2.07. The van der Waals surface area contributed by atoms with Gasteiger partial charge in [0.25, 0.3) is 5.91 Å². The number of nitrogens with one attached hydrogen (secondary N) is 4. The topological polar surface area (TPSA) is 179 Å². The second-order valence-corrected chi connectivity index (χ2v) is 9.00. The van der Waals surface area contributed by atoms with E-state index in [0.29, 0.717) is 36.5 Å². The van der Waals surface area contributed by atoms with Crippen molar-refractivity contribution in [2.45, 2.75) is 43.3 Å². The van der Waals surface area contributed by atoms with E-state index < -0.39 is 30.4 Å². The summed E-state index contributed by atoms with van der Waals surface area (Å²) in [6.45, 7) is -0.262. The summed E-state index contributed by atoms with van der Waals surface area (Å²) in [5.41, 5.74) is 1.13. The molecule has 12 nitrogen and oxygen atoms in total. The van der Waals surface area contributed by atoms with Crippen LogP contribution in [0.4, 0.5) is 0 Å².